The van der Waals surface area contributed by atoms with Gasteiger partial charge >= 0.3 is 0 Å². The molecule has 1 N–H and O–H groups in total. The molecule has 1 aliphatic rings. The molecule has 21 heavy (non-hydrogen) atoms. The van der Waals surface area contributed by atoms with Gasteiger partial charge in [-0.3, -0.25) is 0 Å². The van der Waals surface area contributed by atoms with Crippen LogP contribution < -0.4 is 14.8 Å². The summed E-state index contributed by atoms with van der Waals surface area (Å²) < 4.78 is 11.0. The van der Waals surface area contributed by atoms with E-state index in [-0.39, 0.29) is 0 Å². The summed E-state index contributed by atoms with van der Waals surface area (Å²) in [6.45, 7) is 2.11. The molecule has 2 heterocycles. The molecule has 110 valence electrons. The molecule has 1 saturated heterocycles. The molecule has 4 heteroatoms. The van der Waals surface area contributed by atoms with Gasteiger partial charge in [0.05, 0.1) is 7.11 Å². The number of hydrogen-bond donors (Lipinski definition) is 1. The number of rotatable bonds is 4. The molecule has 0 amide bonds. The van der Waals surface area contributed by atoms with Gasteiger partial charge in [-0.15, -0.1) is 0 Å². The lowest BCUT2D eigenvalue weighted by atomic mass is 9.96. The molecule has 1 aromatic heterocycles. The SMILES string of the molecule is COc1ccc(Oc2cccc([C@H]3CCCNC3)n2)cc1. The highest BCUT2D eigenvalue weighted by Gasteiger charge is 2.16. The van der Waals surface area contributed by atoms with Gasteiger partial charge in [0.1, 0.15) is 11.5 Å². The van der Waals surface area contributed by atoms with Gasteiger partial charge < -0.3 is 14.8 Å². The van der Waals surface area contributed by atoms with Crippen LogP contribution in [0.25, 0.3) is 0 Å². The Morgan fingerprint density at radius 2 is 1.90 bits per heavy atom. The monoisotopic (exact) mass is 284 g/mol. The van der Waals surface area contributed by atoms with Gasteiger partial charge in [-0.25, -0.2) is 4.98 Å². The summed E-state index contributed by atoms with van der Waals surface area (Å²) in [6, 6.07) is 13.5. The molecule has 1 aliphatic heterocycles. The van der Waals surface area contributed by atoms with Gasteiger partial charge in [0.2, 0.25) is 5.88 Å². The third-order valence-corrected chi connectivity index (χ3v) is 3.74. The number of hydrogen-bond acceptors (Lipinski definition) is 4. The molecule has 0 aliphatic carbocycles. The van der Waals surface area contributed by atoms with E-state index in [9.17, 15) is 0 Å². The lowest BCUT2D eigenvalue weighted by molar-refractivity contribution is 0.411. The lowest BCUT2D eigenvalue weighted by Gasteiger charge is -2.22. The molecule has 4 nitrogen and oxygen atoms in total. The van der Waals surface area contributed by atoms with Crippen molar-refractivity contribution in [3.63, 3.8) is 0 Å². The fourth-order valence-corrected chi connectivity index (χ4v) is 2.58. The van der Waals surface area contributed by atoms with Gasteiger partial charge in [0, 0.05) is 24.2 Å². The summed E-state index contributed by atoms with van der Waals surface area (Å²) in [5, 5.41) is 3.42. The quantitative estimate of drug-likeness (QED) is 0.935. The molecule has 2 aromatic rings. The molecule has 0 spiro atoms. The van der Waals surface area contributed by atoms with Crippen molar-refractivity contribution in [2.75, 3.05) is 20.2 Å². The summed E-state index contributed by atoms with van der Waals surface area (Å²) >= 11 is 0. The van der Waals surface area contributed by atoms with Gasteiger partial charge in [-0.1, -0.05) is 6.07 Å². The van der Waals surface area contributed by atoms with Crippen molar-refractivity contribution in [1.82, 2.24) is 10.3 Å². The van der Waals surface area contributed by atoms with Crippen molar-refractivity contribution in [2.45, 2.75) is 18.8 Å². The Hall–Kier alpha value is -2.07. The Bertz CT molecular complexity index is 578. The van der Waals surface area contributed by atoms with Gasteiger partial charge in [0.15, 0.2) is 0 Å². The van der Waals surface area contributed by atoms with Crippen LogP contribution in [-0.4, -0.2) is 25.2 Å². The van der Waals surface area contributed by atoms with Crippen LogP contribution in [0.1, 0.15) is 24.5 Å². The summed E-state index contributed by atoms with van der Waals surface area (Å²) in [6.07, 6.45) is 2.39. The average Bonchev–Trinajstić information content (AvgIpc) is 2.57. The Morgan fingerprint density at radius 3 is 2.62 bits per heavy atom. The highest BCUT2D eigenvalue weighted by atomic mass is 16.5. The maximum Gasteiger partial charge on any atom is 0.219 e. The van der Waals surface area contributed by atoms with Crippen molar-refractivity contribution in [3.8, 4) is 17.4 Å². The van der Waals surface area contributed by atoms with Crippen LogP contribution in [0.3, 0.4) is 0 Å². The van der Waals surface area contributed by atoms with E-state index in [1.165, 1.54) is 12.8 Å². The average molecular weight is 284 g/mol. The fraction of sp³-hybridized carbons (Fsp3) is 0.353. The van der Waals surface area contributed by atoms with Crippen LogP contribution in [-0.2, 0) is 0 Å². The predicted molar refractivity (Wildman–Crippen MR) is 82.1 cm³/mol. The van der Waals surface area contributed by atoms with Crippen LogP contribution in [0, 0.1) is 0 Å². The van der Waals surface area contributed by atoms with Crippen molar-refractivity contribution >= 4 is 0 Å². The normalized spacial score (nSPS) is 18.2. The number of nitrogens with zero attached hydrogens (tertiary/aromatic N) is 1. The van der Waals surface area contributed by atoms with E-state index in [1.807, 2.05) is 36.4 Å². The summed E-state index contributed by atoms with van der Waals surface area (Å²) in [5.74, 6) is 2.71. The number of nitrogens with one attached hydrogen (secondary N) is 1. The first-order chi connectivity index (χ1) is 10.3. The van der Waals surface area contributed by atoms with Gasteiger partial charge in [-0.2, -0.15) is 0 Å². The third-order valence-electron chi connectivity index (χ3n) is 3.74. The minimum absolute atomic E-state index is 0.484. The number of methoxy groups -OCH3 is 1. The van der Waals surface area contributed by atoms with Crippen LogP contribution in [0.4, 0.5) is 0 Å². The van der Waals surface area contributed by atoms with Gasteiger partial charge in [-0.05, 0) is 49.7 Å². The Balaban J connectivity index is 1.72. The molecule has 1 aromatic carbocycles. The molecule has 0 radical (unpaired) electrons. The Kier molecular flexibility index (Phi) is 4.36. The minimum atomic E-state index is 0.484. The van der Waals surface area contributed by atoms with Crippen molar-refractivity contribution < 1.29 is 9.47 Å². The molecular weight excluding hydrogens is 264 g/mol. The van der Waals surface area contributed by atoms with E-state index in [4.69, 9.17) is 9.47 Å². The zero-order valence-electron chi connectivity index (χ0n) is 12.2. The third kappa shape index (κ3) is 3.52. The van der Waals surface area contributed by atoms with Crippen LogP contribution in [0.15, 0.2) is 42.5 Å². The molecule has 3 rings (SSSR count). The zero-order valence-corrected chi connectivity index (χ0v) is 12.2. The first kappa shape index (κ1) is 13.9. The molecule has 0 saturated carbocycles. The summed E-state index contributed by atoms with van der Waals surface area (Å²) in [7, 11) is 1.65. The van der Waals surface area contributed by atoms with E-state index in [2.05, 4.69) is 16.4 Å². The maximum absolute atomic E-state index is 5.82. The smallest absolute Gasteiger partial charge is 0.219 e. The largest absolute Gasteiger partial charge is 0.497 e. The van der Waals surface area contributed by atoms with E-state index in [1.54, 1.807) is 7.11 Å². The molecule has 0 bridgehead atoms. The van der Waals surface area contributed by atoms with E-state index in [0.717, 1.165) is 30.3 Å². The Labute approximate surface area is 125 Å². The number of pyridine rings is 1. The van der Waals surface area contributed by atoms with E-state index < -0.39 is 0 Å². The van der Waals surface area contributed by atoms with Crippen LogP contribution >= 0.6 is 0 Å². The number of aromatic nitrogens is 1. The highest BCUT2D eigenvalue weighted by Crippen LogP contribution is 2.26. The first-order valence-corrected chi connectivity index (χ1v) is 7.35. The van der Waals surface area contributed by atoms with Crippen molar-refractivity contribution in [1.29, 1.82) is 0 Å². The molecule has 1 fully saturated rings. The number of piperidine rings is 1. The lowest BCUT2D eigenvalue weighted by Crippen LogP contribution is -2.28. The number of ether oxygens (including phenoxy) is 2. The van der Waals surface area contributed by atoms with Crippen LogP contribution in [0.5, 0.6) is 17.4 Å². The van der Waals surface area contributed by atoms with E-state index >= 15 is 0 Å². The number of benzene rings is 1. The first-order valence-electron chi connectivity index (χ1n) is 7.35. The molecule has 1 atom stereocenters. The zero-order chi connectivity index (χ0) is 14.5. The summed E-state index contributed by atoms with van der Waals surface area (Å²) in [5.41, 5.74) is 1.10. The minimum Gasteiger partial charge on any atom is -0.497 e. The van der Waals surface area contributed by atoms with Crippen molar-refractivity contribution in [2.24, 2.45) is 0 Å². The molecular formula is C17H20N2O2. The topological polar surface area (TPSA) is 43.4 Å². The highest BCUT2D eigenvalue weighted by molar-refractivity contribution is 5.33. The molecule has 0 unspecified atom stereocenters. The standard InChI is InChI=1S/C17H20N2O2/c1-20-14-7-9-15(10-8-14)21-17-6-2-5-16(19-17)13-4-3-11-18-12-13/h2,5-10,13,18H,3-4,11-12H2,1H3/t13-/m0/s1. The van der Waals surface area contributed by atoms with Gasteiger partial charge in [0.25, 0.3) is 0 Å². The Morgan fingerprint density at radius 1 is 1.10 bits per heavy atom. The maximum atomic E-state index is 5.82. The summed E-state index contributed by atoms with van der Waals surface area (Å²) in [4.78, 5) is 4.64. The predicted octanol–water partition coefficient (Wildman–Crippen LogP) is 3.35. The second-order valence-electron chi connectivity index (χ2n) is 5.22. The second kappa shape index (κ2) is 6.59. The fourth-order valence-electron chi connectivity index (χ4n) is 2.58. The van der Waals surface area contributed by atoms with Crippen LogP contribution in [0.2, 0.25) is 0 Å². The van der Waals surface area contributed by atoms with Crippen molar-refractivity contribution in [3.05, 3.63) is 48.2 Å². The van der Waals surface area contributed by atoms with E-state index in [0.29, 0.717) is 11.8 Å². The second-order valence-corrected chi connectivity index (χ2v) is 5.22.